The number of carbonyl (C=O) groups is 2. The summed E-state index contributed by atoms with van der Waals surface area (Å²) in [6.07, 6.45) is 0. The molecule has 2 aromatic rings. The van der Waals surface area contributed by atoms with Crippen LogP contribution in [-0.4, -0.2) is 31.4 Å². The summed E-state index contributed by atoms with van der Waals surface area (Å²) in [5.41, 5.74) is 4.80. The zero-order chi connectivity index (χ0) is 16.2. The number of hydrogen-bond acceptors (Lipinski definition) is 4. The van der Waals surface area contributed by atoms with Gasteiger partial charge in [0, 0.05) is 5.92 Å². The molecule has 0 fully saturated rings. The van der Waals surface area contributed by atoms with E-state index in [2.05, 4.69) is 29.6 Å². The molecule has 23 heavy (non-hydrogen) atoms. The molecule has 0 radical (unpaired) electrons. The molecule has 0 bridgehead atoms. The number of benzene rings is 2. The molecule has 0 unspecified atom stereocenters. The Morgan fingerprint density at radius 3 is 2.09 bits per heavy atom. The van der Waals surface area contributed by atoms with Crippen molar-refractivity contribution in [2.75, 3.05) is 19.7 Å². The standard InChI is InChI=1S/C19H19NO3/c1-13(21)10-20-11-19(22)23-12-18-16-8-4-2-6-14(16)15-7-3-5-9-17(15)18/h2-9,18,20H,10-12H2,1H3. The van der Waals surface area contributed by atoms with Gasteiger partial charge in [0.15, 0.2) is 0 Å². The molecule has 1 aliphatic rings. The first-order valence-corrected chi connectivity index (χ1v) is 7.71. The van der Waals surface area contributed by atoms with Crippen molar-refractivity contribution in [1.29, 1.82) is 0 Å². The van der Waals surface area contributed by atoms with Crippen LogP contribution in [0.3, 0.4) is 0 Å². The maximum Gasteiger partial charge on any atom is 0.319 e. The number of Topliss-reactive ketones (excluding diaryl/α,β-unsaturated/α-hetero) is 1. The van der Waals surface area contributed by atoms with E-state index in [9.17, 15) is 9.59 Å². The van der Waals surface area contributed by atoms with Crippen molar-refractivity contribution < 1.29 is 14.3 Å². The first-order valence-electron chi connectivity index (χ1n) is 7.71. The van der Waals surface area contributed by atoms with Crippen molar-refractivity contribution in [3.05, 3.63) is 59.7 Å². The van der Waals surface area contributed by atoms with E-state index < -0.39 is 0 Å². The van der Waals surface area contributed by atoms with Gasteiger partial charge in [-0.3, -0.25) is 9.59 Å². The van der Waals surface area contributed by atoms with E-state index in [1.54, 1.807) is 0 Å². The Morgan fingerprint density at radius 1 is 0.957 bits per heavy atom. The number of ketones is 1. The minimum absolute atomic E-state index is 0.00329. The fourth-order valence-electron chi connectivity index (χ4n) is 3.01. The van der Waals surface area contributed by atoms with E-state index in [0.29, 0.717) is 6.61 Å². The Hall–Kier alpha value is -2.46. The van der Waals surface area contributed by atoms with Gasteiger partial charge in [0.05, 0.1) is 13.1 Å². The highest BCUT2D eigenvalue weighted by Gasteiger charge is 2.28. The molecule has 3 rings (SSSR count). The second-order valence-corrected chi connectivity index (χ2v) is 5.72. The van der Waals surface area contributed by atoms with Crippen LogP contribution in [0.5, 0.6) is 0 Å². The minimum Gasteiger partial charge on any atom is -0.464 e. The summed E-state index contributed by atoms with van der Waals surface area (Å²) in [5, 5.41) is 2.77. The molecule has 4 heteroatoms. The quantitative estimate of drug-likeness (QED) is 0.833. The number of carbonyl (C=O) groups excluding carboxylic acids is 2. The lowest BCUT2D eigenvalue weighted by Gasteiger charge is -2.14. The molecular weight excluding hydrogens is 290 g/mol. The zero-order valence-electron chi connectivity index (χ0n) is 13.0. The summed E-state index contributed by atoms with van der Waals surface area (Å²) in [4.78, 5) is 22.7. The van der Waals surface area contributed by atoms with Crippen molar-refractivity contribution in [1.82, 2.24) is 5.32 Å². The van der Waals surface area contributed by atoms with Gasteiger partial charge in [-0.05, 0) is 29.2 Å². The summed E-state index contributed by atoms with van der Waals surface area (Å²) < 4.78 is 5.41. The highest BCUT2D eigenvalue weighted by molar-refractivity contribution is 5.80. The van der Waals surface area contributed by atoms with E-state index >= 15 is 0 Å². The van der Waals surface area contributed by atoms with Gasteiger partial charge in [0.2, 0.25) is 0 Å². The number of ether oxygens (including phenoxy) is 1. The third-order valence-corrected chi connectivity index (χ3v) is 4.02. The largest absolute Gasteiger partial charge is 0.464 e. The minimum atomic E-state index is -0.340. The molecule has 0 atom stereocenters. The fraction of sp³-hybridized carbons (Fsp3) is 0.263. The Bertz CT molecular complexity index is 693. The van der Waals surface area contributed by atoms with Crippen molar-refractivity contribution in [2.24, 2.45) is 0 Å². The predicted molar refractivity (Wildman–Crippen MR) is 88.2 cm³/mol. The van der Waals surface area contributed by atoms with Gasteiger partial charge in [-0.2, -0.15) is 0 Å². The lowest BCUT2D eigenvalue weighted by atomic mass is 9.98. The van der Waals surface area contributed by atoms with Crippen molar-refractivity contribution >= 4 is 11.8 Å². The van der Waals surface area contributed by atoms with Crippen LogP contribution in [0.25, 0.3) is 11.1 Å². The van der Waals surface area contributed by atoms with E-state index in [0.717, 1.165) is 0 Å². The first kappa shape index (κ1) is 15.4. The summed E-state index contributed by atoms with van der Waals surface area (Å²) >= 11 is 0. The molecule has 0 heterocycles. The van der Waals surface area contributed by atoms with Crippen LogP contribution in [0.1, 0.15) is 24.0 Å². The number of fused-ring (bicyclic) bond motifs is 3. The second kappa shape index (κ2) is 6.75. The molecule has 0 saturated heterocycles. The normalized spacial score (nSPS) is 12.6. The summed E-state index contributed by atoms with van der Waals surface area (Å²) in [5.74, 6) is -0.274. The molecule has 0 aliphatic heterocycles. The second-order valence-electron chi connectivity index (χ2n) is 5.72. The predicted octanol–water partition coefficient (Wildman–Crippen LogP) is 2.52. The Labute approximate surface area is 135 Å². The van der Waals surface area contributed by atoms with Gasteiger partial charge in [0.1, 0.15) is 12.4 Å². The summed E-state index contributed by atoms with van der Waals surface area (Å²) in [6, 6.07) is 16.4. The van der Waals surface area contributed by atoms with E-state index in [1.165, 1.54) is 29.2 Å². The molecule has 0 aromatic heterocycles. The molecule has 2 aromatic carbocycles. The lowest BCUT2D eigenvalue weighted by molar-refractivity contribution is -0.142. The molecule has 1 aliphatic carbocycles. The van der Waals surface area contributed by atoms with E-state index in [4.69, 9.17) is 4.74 Å². The topological polar surface area (TPSA) is 55.4 Å². The van der Waals surface area contributed by atoms with Gasteiger partial charge in [-0.15, -0.1) is 0 Å². The fourth-order valence-corrected chi connectivity index (χ4v) is 3.01. The van der Waals surface area contributed by atoms with E-state index in [-0.39, 0.29) is 30.8 Å². The zero-order valence-corrected chi connectivity index (χ0v) is 13.0. The van der Waals surface area contributed by atoms with Gasteiger partial charge in [-0.25, -0.2) is 0 Å². The number of rotatable bonds is 6. The van der Waals surface area contributed by atoms with Crippen molar-refractivity contribution in [2.45, 2.75) is 12.8 Å². The number of hydrogen-bond donors (Lipinski definition) is 1. The van der Waals surface area contributed by atoms with Crippen LogP contribution < -0.4 is 5.32 Å². The van der Waals surface area contributed by atoms with Crippen LogP contribution >= 0.6 is 0 Å². The van der Waals surface area contributed by atoms with Gasteiger partial charge in [0.25, 0.3) is 0 Å². The molecule has 0 amide bonds. The number of nitrogens with one attached hydrogen (secondary N) is 1. The molecular formula is C19H19NO3. The smallest absolute Gasteiger partial charge is 0.319 e. The average molecular weight is 309 g/mol. The van der Waals surface area contributed by atoms with Crippen molar-refractivity contribution in [3.8, 4) is 11.1 Å². The van der Waals surface area contributed by atoms with Crippen molar-refractivity contribution in [3.63, 3.8) is 0 Å². The Morgan fingerprint density at radius 2 is 1.52 bits per heavy atom. The molecule has 1 N–H and O–H groups in total. The Kier molecular flexibility index (Phi) is 4.53. The van der Waals surface area contributed by atoms with Crippen LogP contribution in [-0.2, 0) is 14.3 Å². The van der Waals surface area contributed by atoms with Gasteiger partial charge < -0.3 is 10.1 Å². The average Bonchev–Trinajstić information content (AvgIpc) is 2.87. The maximum absolute atomic E-state index is 11.8. The summed E-state index contributed by atoms with van der Waals surface area (Å²) in [6.45, 7) is 2.03. The maximum atomic E-state index is 11.8. The lowest BCUT2D eigenvalue weighted by Crippen LogP contribution is -2.29. The Balaban J connectivity index is 1.69. The molecule has 4 nitrogen and oxygen atoms in total. The molecule has 0 saturated carbocycles. The first-order chi connectivity index (χ1) is 11.2. The number of esters is 1. The van der Waals surface area contributed by atoms with E-state index in [1.807, 2.05) is 24.3 Å². The van der Waals surface area contributed by atoms with Crippen LogP contribution in [0.4, 0.5) is 0 Å². The highest BCUT2D eigenvalue weighted by Crippen LogP contribution is 2.44. The third-order valence-electron chi connectivity index (χ3n) is 4.02. The SMILES string of the molecule is CC(=O)CNCC(=O)OCC1c2ccccc2-c2ccccc21. The molecule has 118 valence electrons. The van der Waals surface area contributed by atoms with Crippen LogP contribution in [0.2, 0.25) is 0 Å². The van der Waals surface area contributed by atoms with Crippen LogP contribution in [0.15, 0.2) is 48.5 Å². The highest BCUT2D eigenvalue weighted by atomic mass is 16.5. The molecule has 0 spiro atoms. The summed E-state index contributed by atoms with van der Waals surface area (Å²) in [7, 11) is 0. The third kappa shape index (κ3) is 3.32. The van der Waals surface area contributed by atoms with Gasteiger partial charge in [-0.1, -0.05) is 48.5 Å². The van der Waals surface area contributed by atoms with Crippen LogP contribution in [0, 0.1) is 0 Å². The monoisotopic (exact) mass is 309 g/mol. The van der Waals surface area contributed by atoms with Gasteiger partial charge >= 0.3 is 5.97 Å².